The second-order valence-corrected chi connectivity index (χ2v) is 6.92. The minimum atomic E-state index is -0.551. The first-order chi connectivity index (χ1) is 11.5. The average Bonchev–Trinajstić information content (AvgIpc) is 3.25. The summed E-state index contributed by atoms with van der Waals surface area (Å²) in [6.07, 6.45) is 2.04. The monoisotopic (exact) mass is 332 g/mol. The van der Waals surface area contributed by atoms with Gasteiger partial charge in [-0.3, -0.25) is 9.69 Å². The van der Waals surface area contributed by atoms with E-state index >= 15 is 0 Å². The van der Waals surface area contributed by atoms with Gasteiger partial charge in [0.2, 0.25) is 0 Å². The summed E-state index contributed by atoms with van der Waals surface area (Å²) in [6, 6.07) is 4.19. The first kappa shape index (κ1) is 15.4. The summed E-state index contributed by atoms with van der Waals surface area (Å²) in [4.78, 5) is 27.8. The molecule has 0 bridgehead atoms. The fraction of sp³-hybridized carbons (Fsp3) is 0.529. The number of carbonyl (C=O) groups is 2. The lowest BCUT2D eigenvalue weighted by Crippen LogP contribution is -2.34. The molecular formula is C17H21FN4O2. The smallest absolute Gasteiger partial charge is 0.321 e. The molecule has 3 atom stereocenters. The molecular weight excluding hydrogens is 311 g/mol. The van der Waals surface area contributed by atoms with E-state index < -0.39 is 5.82 Å². The van der Waals surface area contributed by atoms with Crippen molar-refractivity contribution < 1.29 is 14.0 Å². The van der Waals surface area contributed by atoms with Crippen molar-refractivity contribution in [1.29, 1.82) is 0 Å². The fourth-order valence-corrected chi connectivity index (χ4v) is 4.21. The molecule has 2 aliphatic heterocycles. The molecule has 3 aliphatic rings. The van der Waals surface area contributed by atoms with Crippen LogP contribution >= 0.6 is 0 Å². The summed E-state index contributed by atoms with van der Waals surface area (Å²) >= 11 is 0. The molecule has 4 rings (SSSR count). The molecule has 1 saturated carbocycles. The second kappa shape index (κ2) is 5.73. The lowest BCUT2D eigenvalue weighted by atomic mass is 9.98. The summed E-state index contributed by atoms with van der Waals surface area (Å²) in [5.41, 5.74) is 6.69. The molecule has 3 N–H and O–H groups in total. The molecule has 0 spiro atoms. The maximum atomic E-state index is 14.2. The zero-order valence-electron chi connectivity index (χ0n) is 13.4. The Hall–Kier alpha value is -2.15. The third kappa shape index (κ3) is 2.43. The molecule has 0 aromatic heterocycles. The van der Waals surface area contributed by atoms with Crippen LogP contribution in [0.2, 0.25) is 0 Å². The second-order valence-electron chi connectivity index (χ2n) is 6.92. The number of rotatable bonds is 2. The fourth-order valence-electron chi connectivity index (χ4n) is 4.21. The van der Waals surface area contributed by atoms with Crippen LogP contribution < -0.4 is 16.0 Å². The van der Waals surface area contributed by atoms with E-state index in [9.17, 15) is 14.0 Å². The molecule has 7 heteroatoms. The topological polar surface area (TPSA) is 78.7 Å². The SMILES string of the molecule is NC1CCC2CN(C(=O)c3cc(N4CCNC4=O)ccc3F)CC12. The van der Waals surface area contributed by atoms with Crippen LogP contribution in [0.5, 0.6) is 0 Å². The van der Waals surface area contributed by atoms with Crippen molar-refractivity contribution in [1.82, 2.24) is 10.2 Å². The van der Waals surface area contributed by atoms with Crippen LogP contribution in [0.1, 0.15) is 23.2 Å². The Morgan fingerprint density at radius 3 is 2.83 bits per heavy atom. The van der Waals surface area contributed by atoms with Gasteiger partial charge in [0.05, 0.1) is 5.56 Å². The van der Waals surface area contributed by atoms with Crippen LogP contribution in [0.15, 0.2) is 18.2 Å². The molecule has 1 aromatic rings. The van der Waals surface area contributed by atoms with Gasteiger partial charge in [-0.1, -0.05) is 0 Å². The van der Waals surface area contributed by atoms with E-state index in [1.54, 1.807) is 4.90 Å². The number of hydrogen-bond acceptors (Lipinski definition) is 3. The number of nitrogens with zero attached hydrogens (tertiary/aromatic N) is 2. The lowest BCUT2D eigenvalue weighted by Gasteiger charge is -2.21. The zero-order chi connectivity index (χ0) is 16.8. The van der Waals surface area contributed by atoms with Crippen molar-refractivity contribution >= 4 is 17.6 Å². The number of carbonyl (C=O) groups excluding carboxylic acids is 2. The van der Waals surface area contributed by atoms with E-state index in [0.717, 1.165) is 12.8 Å². The Morgan fingerprint density at radius 1 is 1.29 bits per heavy atom. The summed E-state index contributed by atoms with van der Waals surface area (Å²) in [6.45, 7) is 2.30. The van der Waals surface area contributed by atoms with Gasteiger partial charge < -0.3 is 16.0 Å². The Labute approximate surface area is 139 Å². The van der Waals surface area contributed by atoms with Gasteiger partial charge in [-0.25, -0.2) is 9.18 Å². The molecule has 2 heterocycles. The number of likely N-dealkylation sites (tertiary alicyclic amines) is 1. The lowest BCUT2D eigenvalue weighted by molar-refractivity contribution is 0.0775. The molecule has 3 fully saturated rings. The Kier molecular flexibility index (Phi) is 3.68. The number of amides is 3. The van der Waals surface area contributed by atoms with E-state index in [4.69, 9.17) is 5.73 Å². The van der Waals surface area contributed by atoms with Crippen LogP contribution in [0, 0.1) is 17.7 Å². The molecule has 24 heavy (non-hydrogen) atoms. The van der Waals surface area contributed by atoms with Crippen molar-refractivity contribution in [2.24, 2.45) is 17.6 Å². The summed E-state index contributed by atoms with van der Waals surface area (Å²) in [7, 11) is 0. The van der Waals surface area contributed by atoms with E-state index in [0.29, 0.717) is 43.7 Å². The highest BCUT2D eigenvalue weighted by molar-refractivity contribution is 5.98. The van der Waals surface area contributed by atoms with Gasteiger partial charge >= 0.3 is 6.03 Å². The quantitative estimate of drug-likeness (QED) is 0.853. The molecule has 6 nitrogen and oxygen atoms in total. The van der Waals surface area contributed by atoms with Crippen molar-refractivity contribution in [2.45, 2.75) is 18.9 Å². The third-order valence-electron chi connectivity index (χ3n) is 5.55. The highest BCUT2D eigenvalue weighted by atomic mass is 19.1. The summed E-state index contributed by atoms with van der Waals surface area (Å²) < 4.78 is 14.2. The third-order valence-corrected chi connectivity index (χ3v) is 5.55. The normalized spacial score (nSPS) is 29.1. The van der Waals surface area contributed by atoms with Gasteiger partial charge in [-0.15, -0.1) is 0 Å². The Bertz CT molecular complexity index is 695. The van der Waals surface area contributed by atoms with Gasteiger partial charge in [0.25, 0.3) is 5.91 Å². The molecule has 1 aromatic carbocycles. The maximum Gasteiger partial charge on any atom is 0.321 e. The number of urea groups is 1. The maximum absolute atomic E-state index is 14.2. The number of nitrogens with two attached hydrogens (primary N) is 1. The van der Waals surface area contributed by atoms with E-state index in [2.05, 4.69) is 5.32 Å². The Morgan fingerprint density at radius 2 is 2.12 bits per heavy atom. The minimum absolute atomic E-state index is 0.0285. The minimum Gasteiger partial charge on any atom is -0.338 e. The number of hydrogen-bond donors (Lipinski definition) is 2. The van der Waals surface area contributed by atoms with Crippen molar-refractivity contribution in [3.05, 3.63) is 29.6 Å². The number of anilines is 1. The van der Waals surface area contributed by atoms with Gasteiger partial charge in [-0.05, 0) is 42.9 Å². The van der Waals surface area contributed by atoms with Crippen molar-refractivity contribution in [2.75, 3.05) is 31.1 Å². The van der Waals surface area contributed by atoms with E-state index in [-0.39, 0.29) is 23.5 Å². The van der Waals surface area contributed by atoms with Crippen LogP contribution in [0.4, 0.5) is 14.9 Å². The molecule has 2 saturated heterocycles. The van der Waals surface area contributed by atoms with E-state index in [1.165, 1.54) is 23.1 Å². The van der Waals surface area contributed by atoms with Gasteiger partial charge in [-0.2, -0.15) is 0 Å². The predicted octanol–water partition coefficient (Wildman–Crippen LogP) is 1.16. The number of halogens is 1. The highest BCUT2D eigenvalue weighted by Gasteiger charge is 2.43. The van der Waals surface area contributed by atoms with Gasteiger partial charge in [0.1, 0.15) is 5.82 Å². The first-order valence-corrected chi connectivity index (χ1v) is 8.44. The largest absolute Gasteiger partial charge is 0.338 e. The first-order valence-electron chi connectivity index (χ1n) is 8.44. The van der Waals surface area contributed by atoms with Crippen LogP contribution in [0.25, 0.3) is 0 Å². The van der Waals surface area contributed by atoms with Gasteiger partial charge in [0, 0.05) is 37.9 Å². The van der Waals surface area contributed by atoms with Crippen LogP contribution in [0.3, 0.4) is 0 Å². The molecule has 3 unspecified atom stereocenters. The summed E-state index contributed by atoms with van der Waals surface area (Å²) in [5.74, 6) is -0.107. The number of nitrogens with one attached hydrogen (secondary N) is 1. The molecule has 128 valence electrons. The average molecular weight is 332 g/mol. The Balaban J connectivity index is 1.57. The predicted molar refractivity (Wildman–Crippen MR) is 87.2 cm³/mol. The van der Waals surface area contributed by atoms with E-state index in [1.807, 2.05) is 0 Å². The molecule has 3 amide bonds. The van der Waals surface area contributed by atoms with Gasteiger partial charge in [0.15, 0.2) is 0 Å². The standard InChI is InChI=1S/C17H21FN4O2/c18-14-3-2-11(22-6-5-20-17(22)24)7-12(14)16(23)21-8-10-1-4-15(19)13(10)9-21/h2-3,7,10,13,15H,1,4-6,8-9,19H2,(H,20,24). The number of benzene rings is 1. The van der Waals surface area contributed by atoms with Crippen LogP contribution in [-0.4, -0.2) is 49.1 Å². The molecule has 0 radical (unpaired) electrons. The van der Waals surface area contributed by atoms with Crippen molar-refractivity contribution in [3.63, 3.8) is 0 Å². The summed E-state index contributed by atoms with van der Waals surface area (Å²) in [5, 5.41) is 2.70. The zero-order valence-corrected chi connectivity index (χ0v) is 13.4. The highest BCUT2D eigenvalue weighted by Crippen LogP contribution is 2.38. The van der Waals surface area contributed by atoms with Crippen LogP contribution in [-0.2, 0) is 0 Å². The van der Waals surface area contributed by atoms with Crippen molar-refractivity contribution in [3.8, 4) is 0 Å². The molecule has 1 aliphatic carbocycles. The number of fused-ring (bicyclic) bond motifs is 1.